The monoisotopic (exact) mass is 212 g/mol. The van der Waals surface area contributed by atoms with E-state index in [4.69, 9.17) is 4.74 Å². The van der Waals surface area contributed by atoms with Gasteiger partial charge in [0.15, 0.2) is 0 Å². The Morgan fingerprint density at radius 1 is 1.36 bits per heavy atom. The number of aliphatic hydroxyl groups excluding tert-OH is 1. The normalized spacial score (nSPS) is 12.5. The van der Waals surface area contributed by atoms with E-state index in [1.54, 1.807) is 7.11 Å². The highest BCUT2D eigenvalue weighted by atomic mass is 32.1. The number of rotatable bonds is 5. The molecule has 1 atom stereocenters. The Morgan fingerprint density at radius 2 is 2.00 bits per heavy atom. The summed E-state index contributed by atoms with van der Waals surface area (Å²) in [5.74, 6) is 1.63. The first-order chi connectivity index (χ1) is 6.77. The van der Waals surface area contributed by atoms with Gasteiger partial charge in [0, 0.05) is 0 Å². The molecule has 0 aliphatic rings. The highest BCUT2D eigenvalue weighted by molar-refractivity contribution is 7.80. The van der Waals surface area contributed by atoms with Crippen LogP contribution in [0.3, 0.4) is 0 Å². The van der Waals surface area contributed by atoms with Crippen molar-refractivity contribution in [1.82, 2.24) is 0 Å². The van der Waals surface area contributed by atoms with Crippen molar-refractivity contribution in [3.63, 3.8) is 0 Å². The van der Waals surface area contributed by atoms with Gasteiger partial charge in [-0.25, -0.2) is 0 Å². The minimum absolute atomic E-state index is 0.381. The number of hydrogen-bond donors (Lipinski definition) is 2. The van der Waals surface area contributed by atoms with E-state index in [1.807, 2.05) is 24.3 Å². The molecule has 3 heteroatoms. The summed E-state index contributed by atoms with van der Waals surface area (Å²) in [6, 6.07) is 7.50. The molecule has 78 valence electrons. The minimum atomic E-state index is -0.381. The zero-order valence-electron chi connectivity index (χ0n) is 8.31. The first kappa shape index (κ1) is 11.4. The molecule has 1 N–H and O–H groups in total. The van der Waals surface area contributed by atoms with Crippen molar-refractivity contribution >= 4 is 12.6 Å². The lowest BCUT2D eigenvalue weighted by atomic mass is 10.1. The van der Waals surface area contributed by atoms with E-state index in [1.165, 1.54) is 0 Å². The van der Waals surface area contributed by atoms with Gasteiger partial charge in [-0.2, -0.15) is 12.6 Å². The number of hydrogen-bond acceptors (Lipinski definition) is 3. The van der Waals surface area contributed by atoms with E-state index in [-0.39, 0.29) is 6.10 Å². The van der Waals surface area contributed by atoms with E-state index in [9.17, 15) is 5.11 Å². The van der Waals surface area contributed by atoms with Crippen molar-refractivity contribution in [2.75, 3.05) is 12.9 Å². The largest absolute Gasteiger partial charge is 0.497 e. The maximum atomic E-state index is 9.74. The minimum Gasteiger partial charge on any atom is -0.497 e. The molecule has 1 unspecified atom stereocenters. The third-order valence-electron chi connectivity index (χ3n) is 2.14. The second kappa shape index (κ2) is 5.94. The van der Waals surface area contributed by atoms with Crippen molar-refractivity contribution in [2.24, 2.45) is 0 Å². The number of thiol groups is 1. The van der Waals surface area contributed by atoms with Crippen molar-refractivity contribution in [1.29, 1.82) is 0 Å². The fraction of sp³-hybridized carbons (Fsp3) is 0.455. The molecule has 2 nitrogen and oxygen atoms in total. The second-order valence-electron chi connectivity index (χ2n) is 3.15. The van der Waals surface area contributed by atoms with Crippen LogP contribution in [0.5, 0.6) is 5.75 Å². The van der Waals surface area contributed by atoms with Gasteiger partial charge in [-0.15, -0.1) is 0 Å². The summed E-state index contributed by atoms with van der Waals surface area (Å²) in [6.45, 7) is 0. The zero-order valence-corrected chi connectivity index (χ0v) is 9.21. The molecule has 0 aliphatic carbocycles. The molecule has 1 aromatic rings. The Hall–Kier alpha value is -0.670. The fourth-order valence-electron chi connectivity index (χ4n) is 1.28. The predicted molar refractivity (Wildman–Crippen MR) is 61.0 cm³/mol. The summed E-state index contributed by atoms with van der Waals surface area (Å²) in [7, 11) is 1.63. The topological polar surface area (TPSA) is 29.5 Å². The van der Waals surface area contributed by atoms with E-state index < -0.39 is 0 Å². The molecule has 0 saturated heterocycles. The lowest BCUT2D eigenvalue weighted by molar-refractivity contribution is 0.167. The molecule has 0 amide bonds. The molecule has 1 rings (SSSR count). The molecule has 0 bridgehead atoms. The highest BCUT2D eigenvalue weighted by Gasteiger charge is 2.06. The average molecular weight is 212 g/mol. The van der Waals surface area contributed by atoms with Crippen LogP contribution in [0.4, 0.5) is 0 Å². The Labute approximate surface area is 90.3 Å². The van der Waals surface area contributed by atoms with E-state index in [0.29, 0.717) is 0 Å². The Morgan fingerprint density at radius 3 is 2.50 bits per heavy atom. The van der Waals surface area contributed by atoms with Gasteiger partial charge in [0.25, 0.3) is 0 Å². The number of ether oxygens (including phenoxy) is 1. The molecular formula is C11H16O2S. The molecule has 0 radical (unpaired) electrons. The summed E-state index contributed by atoms with van der Waals surface area (Å²) in [5, 5.41) is 9.74. The smallest absolute Gasteiger partial charge is 0.118 e. The SMILES string of the molecule is COc1ccc(C(O)CCCS)cc1. The van der Waals surface area contributed by atoms with Crippen LogP contribution in [-0.4, -0.2) is 18.0 Å². The van der Waals surface area contributed by atoms with Crippen LogP contribution >= 0.6 is 12.6 Å². The average Bonchev–Trinajstić information content (AvgIpc) is 2.26. The van der Waals surface area contributed by atoms with Crippen LogP contribution in [0.25, 0.3) is 0 Å². The van der Waals surface area contributed by atoms with E-state index >= 15 is 0 Å². The lowest BCUT2D eigenvalue weighted by Gasteiger charge is -2.10. The maximum absolute atomic E-state index is 9.74. The number of aliphatic hydroxyl groups is 1. The Bertz CT molecular complexity index is 258. The molecule has 0 aromatic heterocycles. The van der Waals surface area contributed by atoms with Crippen LogP contribution in [0.2, 0.25) is 0 Å². The summed E-state index contributed by atoms with van der Waals surface area (Å²) in [5.41, 5.74) is 0.938. The molecule has 0 aliphatic heterocycles. The quantitative estimate of drug-likeness (QED) is 0.734. The number of methoxy groups -OCH3 is 1. The molecule has 0 saturated carbocycles. The van der Waals surface area contributed by atoms with Gasteiger partial charge in [-0.1, -0.05) is 12.1 Å². The van der Waals surface area contributed by atoms with Gasteiger partial charge < -0.3 is 9.84 Å². The third-order valence-corrected chi connectivity index (χ3v) is 2.45. The summed E-state index contributed by atoms with van der Waals surface area (Å²) >= 11 is 4.11. The molecule has 0 heterocycles. The first-order valence-electron chi connectivity index (χ1n) is 4.71. The fourth-order valence-corrected chi connectivity index (χ4v) is 1.46. The predicted octanol–water partition coefficient (Wildman–Crippen LogP) is 2.44. The second-order valence-corrected chi connectivity index (χ2v) is 3.60. The van der Waals surface area contributed by atoms with Crippen LogP contribution in [-0.2, 0) is 0 Å². The van der Waals surface area contributed by atoms with Gasteiger partial charge in [0.05, 0.1) is 13.2 Å². The highest BCUT2D eigenvalue weighted by Crippen LogP contribution is 2.21. The maximum Gasteiger partial charge on any atom is 0.118 e. The van der Waals surface area contributed by atoms with Crippen molar-refractivity contribution in [3.8, 4) is 5.75 Å². The zero-order chi connectivity index (χ0) is 10.4. The lowest BCUT2D eigenvalue weighted by Crippen LogP contribution is -1.97. The molecule has 0 spiro atoms. The summed E-state index contributed by atoms with van der Waals surface area (Å²) < 4.78 is 5.04. The van der Waals surface area contributed by atoms with Crippen molar-refractivity contribution < 1.29 is 9.84 Å². The van der Waals surface area contributed by atoms with Gasteiger partial charge >= 0.3 is 0 Å². The summed E-state index contributed by atoms with van der Waals surface area (Å²) in [4.78, 5) is 0. The van der Waals surface area contributed by atoms with Crippen molar-refractivity contribution in [3.05, 3.63) is 29.8 Å². The molecular weight excluding hydrogens is 196 g/mol. The number of benzene rings is 1. The Balaban J connectivity index is 2.57. The first-order valence-corrected chi connectivity index (χ1v) is 5.34. The van der Waals surface area contributed by atoms with Crippen LogP contribution < -0.4 is 4.74 Å². The molecule has 1 aromatic carbocycles. The standard InChI is InChI=1S/C11H16O2S/c1-13-10-6-4-9(5-7-10)11(12)3-2-8-14/h4-7,11-12,14H,2-3,8H2,1H3. The van der Waals surface area contributed by atoms with Gasteiger partial charge in [-0.05, 0) is 36.3 Å². The van der Waals surface area contributed by atoms with Gasteiger partial charge in [-0.3, -0.25) is 0 Å². The van der Waals surface area contributed by atoms with Crippen LogP contribution in [0.15, 0.2) is 24.3 Å². The van der Waals surface area contributed by atoms with Gasteiger partial charge in [0.2, 0.25) is 0 Å². The van der Waals surface area contributed by atoms with E-state index in [0.717, 1.165) is 29.9 Å². The van der Waals surface area contributed by atoms with Gasteiger partial charge in [0.1, 0.15) is 5.75 Å². The molecule has 14 heavy (non-hydrogen) atoms. The summed E-state index contributed by atoms with van der Waals surface area (Å²) in [6.07, 6.45) is 1.31. The van der Waals surface area contributed by atoms with Crippen LogP contribution in [0, 0.1) is 0 Å². The van der Waals surface area contributed by atoms with Crippen LogP contribution in [0.1, 0.15) is 24.5 Å². The van der Waals surface area contributed by atoms with E-state index in [2.05, 4.69) is 12.6 Å². The van der Waals surface area contributed by atoms with Crippen molar-refractivity contribution in [2.45, 2.75) is 18.9 Å². The Kier molecular flexibility index (Phi) is 4.84. The molecule has 0 fully saturated rings. The third kappa shape index (κ3) is 3.24.